The van der Waals surface area contributed by atoms with Crippen molar-refractivity contribution in [3.63, 3.8) is 0 Å². The van der Waals surface area contributed by atoms with Gasteiger partial charge in [0.2, 0.25) is 5.91 Å². The Labute approximate surface area is 496 Å². The predicted molar refractivity (Wildman–Crippen MR) is 299 cm³/mol. The number of hydrogen-bond acceptors (Lipinski definition) is 22. The molecule has 0 saturated carbocycles. The van der Waals surface area contributed by atoms with E-state index in [1.165, 1.54) is 13.8 Å². The molecule has 468 valence electrons. The van der Waals surface area contributed by atoms with Gasteiger partial charge in [-0.05, 0) is 43.4 Å². The van der Waals surface area contributed by atoms with Crippen molar-refractivity contribution in [3.8, 4) is 0 Å². The van der Waals surface area contributed by atoms with Crippen LogP contribution in [0.2, 0.25) is 0 Å². The second kappa shape index (κ2) is 35.3. The molecule has 1 N–H and O–H groups in total. The highest BCUT2D eigenvalue weighted by Gasteiger charge is 2.58. The van der Waals surface area contributed by atoms with E-state index in [4.69, 9.17) is 71.1 Å². The van der Waals surface area contributed by atoms with Crippen LogP contribution in [0.5, 0.6) is 0 Å². The number of ether oxygens (including phenoxy) is 15. The number of rotatable bonds is 32. The molecule has 3 heterocycles. The fraction of sp³-hybridized carbons (Fsp3) is 0.597. The molecule has 85 heavy (non-hydrogen) atoms. The van der Waals surface area contributed by atoms with Gasteiger partial charge in [0.15, 0.2) is 37.2 Å². The fourth-order valence-corrected chi connectivity index (χ4v) is 10.2. The molecule has 0 aliphatic carbocycles. The first kappa shape index (κ1) is 67.7. The minimum absolute atomic E-state index is 0.0282. The molecule has 23 heteroatoms. The van der Waals surface area contributed by atoms with Crippen LogP contribution in [0.4, 0.5) is 0 Å². The lowest BCUT2D eigenvalue weighted by Gasteiger charge is -2.51. The van der Waals surface area contributed by atoms with Crippen molar-refractivity contribution >= 4 is 41.7 Å². The normalized spacial score (nSPS) is 27.4. The van der Waals surface area contributed by atoms with Gasteiger partial charge in [0, 0.05) is 54.6 Å². The second-order valence-electron chi connectivity index (χ2n) is 20.9. The maximum atomic E-state index is 13.6. The van der Waals surface area contributed by atoms with E-state index in [9.17, 15) is 33.6 Å². The van der Waals surface area contributed by atoms with E-state index in [0.717, 1.165) is 70.1 Å². The molecule has 15 unspecified atom stereocenters. The lowest BCUT2D eigenvalue weighted by Crippen LogP contribution is -2.70. The Bertz CT molecular complexity index is 2540. The van der Waals surface area contributed by atoms with Crippen LogP contribution < -0.4 is 5.32 Å². The van der Waals surface area contributed by atoms with Crippen molar-refractivity contribution in [3.05, 3.63) is 108 Å². The zero-order chi connectivity index (χ0) is 61.3. The van der Waals surface area contributed by atoms with Gasteiger partial charge in [-0.1, -0.05) is 117 Å². The Balaban J connectivity index is 1.45. The van der Waals surface area contributed by atoms with Gasteiger partial charge >= 0.3 is 35.8 Å². The Morgan fingerprint density at radius 3 is 1.40 bits per heavy atom. The number of carbonyl (C=O) groups is 7. The Morgan fingerprint density at radius 1 is 0.435 bits per heavy atom. The van der Waals surface area contributed by atoms with Crippen LogP contribution in [0.3, 0.4) is 0 Å². The largest absolute Gasteiger partial charge is 0.466 e. The van der Waals surface area contributed by atoms with Gasteiger partial charge < -0.3 is 76.4 Å². The first-order chi connectivity index (χ1) is 40.9. The van der Waals surface area contributed by atoms with Crippen LogP contribution >= 0.6 is 0 Å². The minimum atomic E-state index is -1.83. The van der Waals surface area contributed by atoms with Crippen LogP contribution in [0, 0.1) is 0 Å². The predicted octanol–water partition coefficient (Wildman–Crippen LogP) is 6.44. The summed E-state index contributed by atoms with van der Waals surface area (Å²) in [7, 11) is 0. The molecule has 6 rings (SSSR count). The molecule has 0 bridgehead atoms. The van der Waals surface area contributed by atoms with E-state index >= 15 is 0 Å². The first-order valence-corrected chi connectivity index (χ1v) is 29.0. The summed E-state index contributed by atoms with van der Waals surface area (Å²) in [4.78, 5) is 89.5. The summed E-state index contributed by atoms with van der Waals surface area (Å²) >= 11 is 0. The quantitative estimate of drug-likeness (QED) is 0.0400. The summed E-state index contributed by atoms with van der Waals surface area (Å²) in [6, 6.07) is 27.1. The number of hydrogen-bond donors (Lipinski definition) is 1. The van der Waals surface area contributed by atoms with Gasteiger partial charge in [0.05, 0.1) is 32.5 Å². The van der Waals surface area contributed by atoms with E-state index in [-0.39, 0.29) is 32.4 Å². The molecular weight excluding hydrogens is 1110 g/mol. The maximum Gasteiger partial charge on any atom is 0.305 e. The second-order valence-corrected chi connectivity index (χ2v) is 20.9. The lowest BCUT2D eigenvalue weighted by atomic mass is 9.94. The van der Waals surface area contributed by atoms with Crippen LogP contribution in [0.1, 0.15) is 117 Å². The van der Waals surface area contributed by atoms with Gasteiger partial charge in [-0.25, -0.2) is 0 Å². The third kappa shape index (κ3) is 22.1. The van der Waals surface area contributed by atoms with E-state index in [1.54, 1.807) is 13.8 Å². The highest BCUT2D eigenvalue weighted by Crippen LogP contribution is 2.38. The Morgan fingerprint density at radius 2 is 0.882 bits per heavy atom. The Hall–Kier alpha value is -6.41. The zero-order valence-corrected chi connectivity index (χ0v) is 49.7. The van der Waals surface area contributed by atoms with Gasteiger partial charge in [-0.3, -0.25) is 33.6 Å². The van der Waals surface area contributed by atoms with E-state index < -0.39 is 141 Å². The highest BCUT2D eigenvalue weighted by atomic mass is 16.8. The molecule has 3 aromatic rings. The standard InChI is InChI=1S/C62H83NO22/c1-9-71-50(70)31-23-12-10-11-13-24-32-72-60-51(63-39(3)64)55(85-62-59(81-44(8)69)57(80-43(7)68)54(79-42(6)67)49(83-62)37-74-41(5)66)53(48(82-60)36-73-40(4)65)84-61-58(77-35-47-29-21-16-22-30-47)56(76-34-46-27-19-15-20-28-46)52(38(2)78-61)75-33-45-25-17-14-18-26-45/h14-22,25-30,38,48-49,51-62H,9-13,23-24,31-37H2,1-8H3,(H,63,64). The van der Waals surface area contributed by atoms with Crippen LogP contribution in [0.15, 0.2) is 91.0 Å². The summed E-state index contributed by atoms with van der Waals surface area (Å²) < 4.78 is 94.8. The molecule has 3 aliphatic rings. The van der Waals surface area contributed by atoms with Gasteiger partial charge in [0.1, 0.15) is 62.0 Å². The maximum absolute atomic E-state index is 13.6. The zero-order valence-electron chi connectivity index (χ0n) is 49.7. The van der Waals surface area contributed by atoms with Crippen LogP contribution in [-0.4, -0.2) is 160 Å². The number of benzene rings is 3. The summed E-state index contributed by atoms with van der Waals surface area (Å²) in [6.07, 6.45) is -14.4. The third-order valence-corrected chi connectivity index (χ3v) is 13.9. The fourth-order valence-electron chi connectivity index (χ4n) is 10.2. The van der Waals surface area contributed by atoms with Crippen molar-refractivity contribution in [2.24, 2.45) is 0 Å². The third-order valence-electron chi connectivity index (χ3n) is 13.9. The number of unbranched alkanes of at least 4 members (excludes halogenated alkanes) is 5. The van der Waals surface area contributed by atoms with Crippen molar-refractivity contribution in [1.29, 1.82) is 0 Å². The average molecular weight is 1190 g/mol. The number of esters is 6. The molecule has 1 amide bonds. The van der Waals surface area contributed by atoms with E-state index in [1.807, 2.05) is 91.0 Å². The van der Waals surface area contributed by atoms with Crippen molar-refractivity contribution in [2.45, 2.75) is 212 Å². The molecule has 0 radical (unpaired) electrons. The minimum Gasteiger partial charge on any atom is -0.466 e. The summed E-state index contributed by atoms with van der Waals surface area (Å²) in [5.41, 5.74) is 2.52. The lowest BCUT2D eigenvalue weighted by molar-refractivity contribution is -0.379. The number of amides is 1. The van der Waals surface area contributed by atoms with Gasteiger partial charge in [-0.2, -0.15) is 0 Å². The molecule has 3 saturated heterocycles. The molecule has 3 aliphatic heterocycles. The Kier molecular flexibility index (Phi) is 28.1. The molecule has 3 fully saturated rings. The smallest absolute Gasteiger partial charge is 0.305 e. The van der Waals surface area contributed by atoms with Crippen LogP contribution in [0.25, 0.3) is 0 Å². The molecule has 15 atom stereocenters. The molecule has 3 aromatic carbocycles. The number of nitrogens with one attached hydrogen (secondary N) is 1. The van der Waals surface area contributed by atoms with Gasteiger partial charge in [0.25, 0.3) is 0 Å². The average Bonchev–Trinajstić information content (AvgIpc) is 1.03. The van der Waals surface area contributed by atoms with Gasteiger partial charge in [-0.15, -0.1) is 0 Å². The molecule has 23 nitrogen and oxygen atoms in total. The monoisotopic (exact) mass is 1190 g/mol. The molecular formula is C62H83NO22. The topological polar surface area (TPSA) is 270 Å². The SMILES string of the molecule is CCOC(=O)CCCCCCCCOC1OC(COC(C)=O)C(OC2OC(C)C(OCc3ccccc3)C(OCc3ccccc3)C2OCc2ccccc2)C(OC2OC(COC(C)=O)C(OC(C)=O)C(OC(C)=O)C2OC(C)=O)C1NC(C)=O. The van der Waals surface area contributed by atoms with E-state index in [2.05, 4.69) is 5.32 Å². The van der Waals surface area contributed by atoms with Crippen molar-refractivity contribution in [2.75, 3.05) is 26.4 Å². The molecule has 0 aromatic heterocycles. The first-order valence-electron chi connectivity index (χ1n) is 29.0. The summed E-state index contributed by atoms with van der Waals surface area (Å²) in [5, 5.41) is 2.91. The number of carbonyl (C=O) groups excluding carboxylic acids is 7. The van der Waals surface area contributed by atoms with Crippen LogP contribution in [-0.2, 0) is 124 Å². The highest BCUT2D eigenvalue weighted by molar-refractivity contribution is 5.73. The van der Waals surface area contributed by atoms with Crippen molar-refractivity contribution < 1.29 is 105 Å². The summed E-state index contributed by atoms with van der Waals surface area (Å²) in [6.45, 7) is 10.1. The molecule has 0 spiro atoms. The van der Waals surface area contributed by atoms with Crippen molar-refractivity contribution in [1.82, 2.24) is 5.32 Å². The summed E-state index contributed by atoms with van der Waals surface area (Å²) in [5.74, 6) is -4.90. The van der Waals surface area contributed by atoms with E-state index in [0.29, 0.717) is 25.9 Å².